The number of thiophene rings is 1. The Balaban J connectivity index is 1.88. The molecule has 130 valence electrons. The van der Waals surface area contributed by atoms with Crippen molar-refractivity contribution in [2.75, 3.05) is 19.5 Å². The van der Waals surface area contributed by atoms with E-state index in [4.69, 9.17) is 21.1 Å². The number of hydrogen-bond donors (Lipinski definition) is 1. The van der Waals surface area contributed by atoms with Gasteiger partial charge in [-0.05, 0) is 18.4 Å². The van der Waals surface area contributed by atoms with Crippen molar-refractivity contribution < 1.29 is 14.3 Å². The van der Waals surface area contributed by atoms with Crippen LogP contribution < -0.4 is 14.8 Å². The maximum Gasteiger partial charge on any atom is 0.267 e. The van der Waals surface area contributed by atoms with E-state index < -0.39 is 0 Å². The second kappa shape index (κ2) is 7.43. The van der Waals surface area contributed by atoms with E-state index in [2.05, 4.69) is 10.3 Å². The van der Waals surface area contributed by atoms with Crippen LogP contribution >= 0.6 is 34.3 Å². The topological polar surface area (TPSA) is 60.5 Å². The quantitative estimate of drug-likeness (QED) is 0.653. The van der Waals surface area contributed by atoms with E-state index in [0.717, 1.165) is 9.88 Å². The van der Waals surface area contributed by atoms with Crippen molar-refractivity contribution in [1.29, 1.82) is 0 Å². The normalized spacial score (nSPS) is 10.6. The number of nitrogens with one attached hydrogen (secondary N) is 1. The SMILES string of the molecule is COc1cc(Cl)c(NC(=O)c2sc(-c3cccs3)nc2C)cc1OC. The summed E-state index contributed by atoms with van der Waals surface area (Å²) < 4.78 is 10.4. The van der Waals surface area contributed by atoms with Crippen LogP contribution in [0.2, 0.25) is 5.02 Å². The maximum absolute atomic E-state index is 12.7. The summed E-state index contributed by atoms with van der Waals surface area (Å²) >= 11 is 9.18. The van der Waals surface area contributed by atoms with Gasteiger partial charge in [-0.3, -0.25) is 4.79 Å². The van der Waals surface area contributed by atoms with Crippen LogP contribution in [0.3, 0.4) is 0 Å². The van der Waals surface area contributed by atoms with Gasteiger partial charge in [0.25, 0.3) is 5.91 Å². The Morgan fingerprint density at radius 3 is 2.60 bits per heavy atom. The van der Waals surface area contributed by atoms with Crippen LogP contribution in [0.25, 0.3) is 9.88 Å². The molecular formula is C17H15ClN2O3S2. The Labute approximate surface area is 158 Å². The van der Waals surface area contributed by atoms with Crippen molar-refractivity contribution in [3.63, 3.8) is 0 Å². The molecule has 0 aliphatic rings. The Morgan fingerprint density at radius 2 is 1.96 bits per heavy atom. The Kier molecular flexibility index (Phi) is 5.27. The fourth-order valence-corrected chi connectivity index (χ4v) is 4.20. The molecule has 3 rings (SSSR count). The van der Waals surface area contributed by atoms with Crippen molar-refractivity contribution in [2.24, 2.45) is 0 Å². The molecule has 0 spiro atoms. The van der Waals surface area contributed by atoms with Gasteiger partial charge in [0.05, 0.1) is 35.5 Å². The Bertz CT molecular complexity index is 907. The molecule has 0 saturated heterocycles. The standard InChI is InChI=1S/C17H15ClN2O3S2/c1-9-15(25-17(19-9)14-5-4-6-24-14)16(21)20-11-8-13(23-3)12(22-2)7-10(11)18/h4-8H,1-3H3,(H,20,21). The van der Waals surface area contributed by atoms with E-state index in [1.54, 1.807) is 23.5 Å². The highest BCUT2D eigenvalue weighted by Gasteiger charge is 2.19. The number of rotatable bonds is 5. The minimum absolute atomic E-state index is 0.257. The minimum Gasteiger partial charge on any atom is -0.493 e. The molecule has 25 heavy (non-hydrogen) atoms. The number of carbonyl (C=O) groups is 1. The first-order valence-corrected chi connectivity index (χ1v) is 9.35. The van der Waals surface area contributed by atoms with Gasteiger partial charge < -0.3 is 14.8 Å². The van der Waals surface area contributed by atoms with Crippen molar-refractivity contribution in [2.45, 2.75) is 6.92 Å². The zero-order valence-corrected chi connectivity index (χ0v) is 16.1. The molecule has 0 atom stereocenters. The summed E-state index contributed by atoms with van der Waals surface area (Å²) in [6.45, 7) is 1.82. The molecule has 1 aromatic carbocycles. The summed E-state index contributed by atoms with van der Waals surface area (Å²) in [5.74, 6) is 0.730. The molecule has 0 aliphatic carbocycles. The highest BCUT2D eigenvalue weighted by molar-refractivity contribution is 7.22. The first-order chi connectivity index (χ1) is 12.0. The summed E-state index contributed by atoms with van der Waals surface area (Å²) in [6, 6.07) is 7.18. The summed E-state index contributed by atoms with van der Waals surface area (Å²) in [5, 5.41) is 6.00. The van der Waals surface area contributed by atoms with Crippen LogP contribution in [-0.2, 0) is 0 Å². The molecule has 3 aromatic rings. The second-order valence-electron chi connectivity index (χ2n) is 5.05. The first-order valence-electron chi connectivity index (χ1n) is 7.27. The van der Waals surface area contributed by atoms with Crippen LogP contribution in [0.5, 0.6) is 11.5 Å². The molecule has 0 aliphatic heterocycles. The number of aromatic nitrogens is 1. The van der Waals surface area contributed by atoms with E-state index in [0.29, 0.717) is 32.8 Å². The van der Waals surface area contributed by atoms with Gasteiger partial charge in [0.15, 0.2) is 11.5 Å². The average Bonchev–Trinajstić information content (AvgIpc) is 3.25. The molecule has 1 N–H and O–H groups in total. The number of ether oxygens (including phenoxy) is 2. The molecule has 0 saturated carbocycles. The zero-order valence-electron chi connectivity index (χ0n) is 13.8. The van der Waals surface area contributed by atoms with Crippen molar-refractivity contribution in [3.05, 3.63) is 45.2 Å². The summed E-state index contributed by atoms with van der Waals surface area (Å²) in [6.07, 6.45) is 0. The van der Waals surface area contributed by atoms with Gasteiger partial charge in [-0.15, -0.1) is 22.7 Å². The minimum atomic E-state index is -0.257. The molecule has 0 unspecified atom stereocenters. The van der Waals surface area contributed by atoms with Crippen LogP contribution in [0, 0.1) is 6.92 Å². The van der Waals surface area contributed by atoms with Gasteiger partial charge in [0, 0.05) is 12.1 Å². The van der Waals surface area contributed by atoms with Crippen molar-refractivity contribution >= 4 is 45.9 Å². The van der Waals surface area contributed by atoms with Gasteiger partial charge in [-0.1, -0.05) is 17.7 Å². The number of carbonyl (C=O) groups excluding carboxylic acids is 1. The summed E-state index contributed by atoms with van der Waals surface area (Å²) in [7, 11) is 3.05. The lowest BCUT2D eigenvalue weighted by atomic mass is 10.2. The van der Waals surface area contributed by atoms with Gasteiger partial charge >= 0.3 is 0 Å². The molecule has 0 bridgehead atoms. The number of nitrogens with zero attached hydrogens (tertiary/aromatic N) is 1. The number of hydrogen-bond acceptors (Lipinski definition) is 6. The Hall–Kier alpha value is -2.09. The zero-order chi connectivity index (χ0) is 18.0. The van der Waals surface area contributed by atoms with Gasteiger partial charge in [0.2, 0.25) is 0 Å². The third-order valence-corrected chi connectivity index (χ3v) is 5.96. The lowest BCUT2D eigenvalue weighted by Gasteiger charge is -2.12. The molecule has 2 heterocycles. The number of methoxy groups -OCH3 is 2. The molecule has 0 fully saturated rings. The molecule has 5 nitrogen and oxygen atoms in total. The molecule has 2 aromatic heterocycles. The highest BCUT2D eigenvalue weighted by atomic mass is 35.5. The van der Waals surface area contributed by atoms with Gasteiger partial charge in [-0.25, -0.2) is 4.98 Å². The smallest absolute Gasteiger partial charge is 0.267 e. The van der Waals surface area contributed by atoms with E-state index >= 15 is 0 Å². The van der Waals surface area contributed by atoms with E-state index in [-0.39, 0.29) is 5.91 Å². The molecule has 8 heteroatoms. The van der Waals surface area contributed by atoms with Crippen LogP contribution in [0.4, 0.5) is 5.69 Å². The largest absolute Gasteiger partial charge is 0.493 e. The first kappa shape index (κ1) is 17.7. The van der Waals surface area contributed by atoms with E-state index in [1.807, 2.05) is 24.4 Å². The number of aryl methyl sites for hydroxylation is 1. The summed E-state index contributed by atoms with van der Waals surface area (Å²) in [5.41, 5.74) is 1.14. The van der Waals surface area contributed by atoms with Crippen LogP contribution in [-0.4, -0.2) is 25.1 Å². The fraction of sp³-hybridized carbons (Fsp3) is 0.176. The predicted molar refractivity (Wildman–Crippen MR) is 103 cm³/mol. The lowest BCUT2D eigenvalue weighted by molar-refractivity contribution is 0.103. The Morgan fingerprint density at radius 1 is 1.24 bits per heavy atom. The number of benzene rings is 1. The number of anilines is 1. The lowest BCUT2D eigenvalue weighted by Crippen LogP contribution is -2.12. The molecular weight excluding hydrogens is 380 g/mol. The van der Waals surface area contributed by atoms with Crippen molar-refractivity contribution in [1.82, 2.24) is 4.98 Å². The molecule has 1 amide bonds. The van der Waals surface area contributed by atoms with Crippen molar-refractivity contribution in [3.8, 4) is 21.4 Å². The van der Waals surface area contributed by atoms with E-state index in [1.165, 1.54) is 25.6 Å². The summed E-state index contributed by atoms with van der Waals surface area (Å²) in [4.78, 5) is 18.7. The number of amides is 1. The predicted octanol–water partition coefficient (Wildman–Crippen LogP) is 5.10. The third kappa shape index (κ3) is 3.63. The maximum atomic E-state index is 12.7. The number of halogens is 1. The highest BCUT2D eigenvalue weighted by Crippen LogP contribution is 2.37. The average molecular weight is 395 g/mol. The monoisotopic (exact) mass is 394 g/mol. The molecule has 0 radical (unpaired) electrons. The fourth-order valence-electron chi connectivity index (χ4n) is 2.24. The second-order valence-corrected chi connectivity index (χ2v) is 7.41. The van der Waals surface area contributed by atoms with Gasteiger partial charge in [0.1, 0.15) is 9.88 Å². The van der Waals surface area contributed by atoms with Crippen LogP contribution in [0.15, 0.2) is 29.6 Å². The van der Waals surface area contributed by atoms with Crippen LogP contribution in [0.1, 0.15) is 15.4 Å². The van der Waals surface area contributed by atoms with E-state index in [9.17, 15) is 4.79 Å². The van der Waals surface area contributed by atoms with Gasteiger partial charge in [-0.2, -0.15) is 0 Å². The third-order valence-electron chi connectivity index (χ3n) is 3.46. The number of thiazole rings is 1.